The molecule has 2 aliphatic heterocycles. The van der Waals surface area contributed by atoms with Crippen molar-refractivity contribution in [3.8, 4) is 5.75 Å². The molecule has 2 heterocycles. The average Bonchev–Trinajstić information content (AvgIpc) is 3.02. The molecule has 0 spiro atoms. The molecule has 0 N–H and O–H groups in total. The van der Waals surface area contributed by atoms with Gasteiger partial charge in [-0.15, -0.1) is 0 Å². The summed E-state index contributed by atoms with van der Waals surface area (Å²) in [5.74, 6) is 0.667. The third-order valence-electron chi connectivity index (χ3n) is 5.22. The van der Waals surface area contributed by atoms with Crippen LogP contribution in [-0.2, 0) is 9.59 Å². The molecule has 2 amide bonds. The first-order valence-corrected chi connectivity index (χ1v) is 8.89. The summed E-state index contributed by atoms with van der Waals surface area (Å²) in [4.78, 5) is 29.1. The standard InChI is InChI=1S/C19H26N2O3/c1-3-15-7-4-5-10-20(15)19(23)14-11-18(22)21(13-14)16-8-6-9-17(12-16)24-2/h6,8-9,12,14-15H,3-5,7,10-11,13H2,1-2H3/t14-,15+/m0/s1. The fraction of sp³-hybridized carbons (Fsp3) is 0.579. The zero-order chi connectivity index (χ0) is 17.1. The summed E-state index contributed by atoms with van der Waals surface area (Å²) in [5, 5.41) is 0. The lowest BCUT2D eigenvalue weighted by Gasteiger charge is -2.36. The lowest BCUT2D eigenvalue weighted by Crippen LogP contribution is -2.46. The van der Waals surface area contributed by atoms with E-state index in [1.165, 1.54) is 6.42 Å². The van der Waals surface area contributed by atoms with Crippen molar-refractivity contribution in [1.82, 2.24) is 4.90 Å². The maximum absolute atomic E-state index is 12.9. The van der Waals surface area contributed by atoms with Crippen LogP contribution in [0.4, 0.5) is 5.69 Å². The van der Waals surface area contributed by atoms with Gasteiger partial charge in [-0.1, -0.05) is 13.0 Å². The number of carbonyl (C=O) groups excluding carboxylic acids is 2. The van der Waals surface area contributed by atoms with Gasteiger partial charge in [-0.3, -0.25) is 9.59 Å². The van der Waals surface area contributed by atoms with Gasteiger partial charge < -0.3 is 14.5 Å². The molecule has 2 saturated heterocycles. The molecule has 3 rings (SSSR count). The summed E-state index contributed by atoms with van der Waals surface area (Å²) >= 11 is 0. The van der Waals surface area contributed by atoms with Crippen LogP contribution in [-0.4, -0.2) is 43.0 Å². The van der Waals surface area contributed by atoms with E-state index in [4.69, 9.17) is 4.74 Å². The minimum absolute atomic E-state index is 0.0201. The smallest absolute Gasteiger partial charge is 0.228 e. The third kappa shape index (κ3) is 3.25. The highest BCUT2D eigenvalue weighted by Gasteiger charge is 2.39. The molecule has 2 atom stereocenters. The first-order chi connectivity index (χ1) is 11.6. The van der Waals surface area contributed by atoms with Gasteiger partial charge in [0, 0.05) is 37.3 Å². The molecule has 130 valence electrons. The largest absolute Gasteiger partial charge is 0.497 e. The molecule has 0 radical (unpaired) electrons. The van der Waals surface area contributed by atoms with Gasteiger partial charge in [0.15, 0.2) is 0 Å². The number of ether oxygens (including phenoxy) is 1. The normalized spacial score (nSPS) is 24.3. The van der Waals surface area contributed by atoms with Crippen LogP contribution in [0.3, 0.4) is 0 Å². The number of nitrogens with zero attached hydrogens (tertiary/aromatic N) is 2. The van der Waals surface area contributed by atoms with Crippen LogP contribution in [0.2, 0.25) is 0 Å². The summed E-state index contributed by atoms with van der Waals surface area (Å²) < 4.78 is 5.23. The Kier molecular flexibility index (Phi) is 5.07. The van der Waals surface area contributed by atoms with Gasteiger partial charge in [-0.25, -0.2) is 0 Å². The quantitative estimate of drug-likeness (QED) is 0.853. The fourth-order valence-electron chi connectivity index (χ4n) is 3.85. The Bertz CT molecular complexity index is 616. The second-order valence-electron chi connectivity index (χ2n) is 6.70. The number of amides is 2. The number of hydrogen-bond donors (Lipinski definition) is 0. The number of likely N-dealkylation sites (tertiary alicyclic amines) is 1. The molecule has 0 bridgehead atoms. The van der Waals surface area contributed by atoms with Gasteiger partial charge >= 0.3 is 0 Å². The number of rotatable bonds is 4. The van der Waals surface area contributed by atoms with E-state index in [1.54, 1.807) is 12.0 Å². The minimum Gasteiger partial charge on any atom is -0.497 e. The van der Waals surface area contributed by atoms with Gasteiger partial charge in [-0.2, -0.15) is 0 Å². The van der Waals surface area contributed by atoms with E-state index in [-0.39, 0.29) is 17.7 Å². The SMILES string of the molecule is CC[C@@H]1CCCCN1C(=O)[C@H]1CC(=O)N(c2cccc(OC)c2)C1. The van der Waals surface area contributed by atoms with Crippen molar-refractivity contribution in [1.29, 1.82) is 0 Å². The predicted molar refractivity (Wildman–Crippen MR) is 93.1 cm³/mol. The van der Waals surface area contributed by atoms with Crippen LogP contribution < -0.4 is 9.64 Å². The first-order valence-electron chi connectivity index (χ1n) is 8.89. The zero-order valence-corrected chi connectivity index (χ0v) is 14.5. The molecule has 24 heavy (non-hydrogen) atoms. The monoisotopic (exact) mass is 330 g/mol. The number of methoxy groups -OCH3 is 1. The maximum atomic E-state index is 12.9. The van der Waals surface area contributed by atoms with E-state index >= 15 is 0 Å². The van der Waals surface area contributed by atoms with Crippen molar-refractivity contribution in [3.63, 3.8) is 0 Å². The predicted octanol–water partition coefficient (Wildman–Crippen LogP) is 2.84. The minimum atomic E-state index is -0.226. The van der Waals surface area contributed by atoms with Crippen molar-refractivity contribution in [2.45, 2.75) is 45.1 Å². The molecule has 5 nitrogen and oxygen atoms in total. The molecule has 5 heteroatoms. The summed E-state index contributed by atoms with van der Waals surface area (Å²) in [5.41, 5.74) is 0.806. The molecule has 0 aliphatic carbocycles. The van der Waals surface area contributed by atoms with Crippen LogP contribution >= 0.6 is 0 Å². The lowest BCUT2D eigenvalue weighted by atomic mass is 9.97. The van der Waals surface area contributed by atoms with Crippen LogP contribution in [0, 0.1) is 5.92 Å². The summed E-state index contributed by atoms with van der Waals surface area (Å²) in [7, 11) is 1.61. The number of hydrogen-bond acceptors (Lipinski definition) is 3. The number of carbonyl (C=O) groups is 2. The maximum Gasteiger partial charge on any atom is 0.228 e. The highest BCUT2D eigenvalue weighted by Crippen LogP contribution is 2.30. The van der Waals surface area contributed by atoms with Crippen molar-refractivity contribution in [3.05, 3.63) is 24.3 Å². The molecule has 0 saturated carbocycles. The Hall–Kier alpha value is -2.04. The third-order valence-corrected chi connectivity index (χ3v) is 5.22. The van der Waals surface area contributed by atoms with E-state index in [0.29, 0.717) is 19.0 Å². The molecule has 1 aromatic rings. The molecular weight excluding hydrogens is 304 g/mol. The molecular formula is C19H26N2O3. The Morgan fingerprint density at radius 3 is 2.92 bits per heavy atom. The summed E-state index contributed by atoms with van der Waals surface area (Å²) in [6.07, 6.45) is 4.65. The summed E-state index contributed by atoms with van der Waals surface area (Å²) in [6.45, 7) is 3.44. The van der Waals surface area contributed by atoms with Crippen molar-refractivity contribution in [2.75, 3.05) is 25.1 Å². The Labute approximate surface area is 143 Å². The number of anilines is 1. The topological polar surface area (TPSA) is 49.9 Å². The Balaban J connectivity index is 1.72. The zero-order valence-electron chi connectivity index (χ0n) is 14.5. The second kappa shape index (κ2) is 7.24. The molecule has 2 aliphatic rings. The van der Waals surface area contributed by atoms with E-state index in [9.17, 15) is 9.59 Å². The molecule has 2 fully saturated rings. The van der Waals surface area contributed by atoms with Gasteiger partial charge in [0.05, 0.1) is 13.0 Å². The fourth-order valence-corrected chi connectivity index (χ4v) is 3.85. The van der Waals surface area contributed by atoms with Crippen molar-refractivity contribution < 1.29 is 14.3 Å². The molecule has 1 aromatic carbocycles. The van der Waals surface area contributed by atoms with E-state index in [2.05, 4.69) is 6.92 Å². The van der Waals surface area contributed by atoms with Gasteiger partial charge in [0.2, 0.25) is 11.8 Å². The average molecular weight is 330 g/mol. The summed E-state index contributed by atoms with van der Waals surface area (Å²) in [6, 6.07) is 7.80. The van der Waals surface area contributed by atoms with Crippen molar-refractivity contribution >= 4 is 17.5 Å². The van der Waals surface area contributed by atoms with Gasteiger partial charge in [-0.05, 0) is 37.8 Å². The van der Waals surface area contributed by atoms with Crippen molar-refractivity contribution in [2.24, 2.45) is 5.92 Å². The first kappa shape index (κ1) is 16.8. The van der Waals surface area contributed by atoms with E-state index in [1.807, 2.05) is 29.2 Å². The van der Waals surface area contributed by atoms with Crippen LogP contribution in [0.1, 0.15) is 39.0 Å². The molecule has 0 aromatic heterocycles. The number of benzene rings is 1. The van der Waals surface area contributed by atoms with E-state index in [0.717, 1.165) is 37.2 Å². The Morgan fingerprint density at radius 2 is 2.17 bits per heavy atom. The van der Waals surface area contributed by atoms with Crippen LogP contribution in [0.5, 0.6) is 5.75 Å². The Morgan fingerprint density at radius 1 is 1.33 bits per heavy atom. The highest BCUT2D eigenvalue weighted by atomic mass is 16.5. The highest BCUT2D eigenvalue weighted by molar-refractivity contribution is 6.00. The van der Waals surface area contributed by atoms with Gasteiger partial charge in [0.25, 0.3) is 0 Å². The van der Waals surface area contributed by atoms with E-state index < -0.39 is 0 Å². The number of piperidine rings is 1. The van der Waals surface area contributed by atoms with Gasteiger partial charge in [0.1, 0.15) is 5.75 Å². The van der Waals surface area contributed by atoms with Crippen LogP contribution in [0.15, 0.2) is 24.3 Å². The molecule has 0 unspecified atom stereocenters. The lowest BCUT2D eigenvalue weighted by molar-refractivity contribution is -0.139. The second-order valence-corrected chi connectivity index (χ2v) is 6.70. The van der Waals surface area contributed by atoms with Crippen LogP contribution in [0.25, 0.3) is 0 Å².